The Morgan fingerprint density at radius 3 is 2.48 bits per heavy atom. The molecule has 1 atom stereocenters. The first-order chi connectivity index (χ1) is 22.1. The first-order valence-corrected chi connectivity index (χ1v) is 14.8. The number of rotatable bonds is 13. The molecule has 0 bridgehead atoms. The number of nitrogens with zero attached hydrogens (tertiary/aromatic N) is 1. The Hall–Kier alpha value is -5.11. The molecule has 46 heavy (non-hydrogen) atoms. The molecule has 14 heteroatoms. The highest BCUT2D eigenvalue weighted by molar-refractivity contribution is 9.10. The fraction of sp³-hybridized carbons (Fsp3) is 0.250. The molecule has 12 nitrogen and oxygen atoms in total. The first kappa shape index (κ1) is 33.8. The predicted molar refractivity (Wildman–Crippen MR) is 169 cm³/mol. The van der Waals surface area contributed by atoms with Gasteiger partial charge < -0.3 is 34.3 Å². The fourth-order valence-corrected chi connectivity index (χ4v) is 4.87. The Morgan fingerprint density at radius 1 is 1.02 bits per heavy atom. The molecule has 0 saturated heterocycles. The van der Waals surface area contributed by atoms with Crippen LogP contribution in [0, 0.1) is 5.82 Å². The summed E-state index contributed by atoms with van der Waals surface area (Å²) in [6.45, 7) is 3.09. The Labute approximate surface area is 273 Å². The standard InChI is InChI=1S/C32H32BrFN4O8/c1-5-44-31(40)29-18(2)36-32(41)37-30(29)19-10-11-24(25(12-19)42-3)46-17-28(39)38-35-15-21-13-26(43-4)27(14-22(21)33)45-16-20-8-6-7-9-23(20)34/h6-15,30H,5,16-17H2,1-4H3,(H,38,39)(H2,36,37,41)/b35-15-/t30-/m0/s1. The summed E-state index contributed by atoms with van der Waals surface area (Å²) >= 11 is 3.45. The van der Waals surface area contributed by atoms with E-state index in [1.54, 1.807) is 62.4 Å². The van der Waals surface area contributed by atoms with Gasteiger partial charge in [0.25, 0.3) is 5.91 Å². The Bertz CT molecular complexity index is 1680. The summed E-state index contributed by atoms with van der Waals surface area (Å²) in [5.41, 5.74) is 4.53. The lowest BCUT2D eigenvalue weighted by atomic mass is 9.95. The number of amides is 3. The molecule has 0 saturated carbocycles. The highest BCUT2D eigenvalue weighted by atomic mass is 79.9. The van der Waals surface area contributed by atoms with Crippen LogP contribution in [0.15, 0.2) is 75.4 Å². The molecular weight excluding hydrogens is 667 g/mol. The van der Waals surface area contributed by atoms with E-state index in [1.165, 1.54) is 26.5 Å². The molecule has 0 radical (unpaired) electrons. The third-order valence-corrected chi connectivity index (χ3v) is 7.35. The lowest BCUT2D eigenvalue weighted by molar-refractivity contribution is -0.139. The van der Waals surface area contributed by atoms with E-state index in [-0.39, 0.29) is 36.1 Å². The zero-order valence-electron chi connectivity index (χ0n) is 25.4. The molecule has 242 valence electrons. The molecule has 0 aromatic heterocycles. The number of halogens is 2. The summed E-state index contributed by atoms with van der Waals surface area (Å²) in [6.07, 6.45) is 1.41. The molecule has 1 aliphatic rings. The van der Waals surface area contributed by atoms with Crippen molar-refractivity contribution in [3.8, 4) is 23.0 Å². The van der Waals surface area contributed by atoms with E-state index in [1.807, 2.05) is 0 Å². The number of carbonyl (C=O) groups is 3. The summed E-state index contributed by atoms with van der Waals surface area (Å²) < 4.78 is 42.0. The van der Waals surface area contributed by atoms with Gasteiger partial charge in [-0.05, 0) is 65.7 Å². The minimum atomic E-state index is -0.793. The van der Waals surface area contributed by atoms with Crippen LogP contribution < -0.4 is 35.0 Å². The van der Waals surface area contributed by atoms with Gasteiger partial charge in [-0.3, -0.25) is 4.79 Å². The molecular formula is C32H32BrFN4O8. The molecule has 3 N–H and O–H groups in total. The largest absolute Gasteiger partial charge is 0.493 e. The van der Waals surface area contributed by atoms with Crippen LogP contribution in [0.25, 0.3) is 0 Å². The number of methoxy groups -OCH3 is 2. The topological polar surface area (TPSA) is 146 Å². The van der Waals surface area contributed by atoms with Crippen LogP contribution in [0.1, 0.15) is 36.6 Å². The van der Waals surface area contributed by atoms with Crippen LogP contribution in [0.2, 0.25) is 0 Å². The van der Waals surface area contributed by atoms with Gasteiger partial charge >= 0.3 is 12.0 Å². The summed E-state index contributed by atoms with van der Waals surface area (Å²) in [6, 6.07) is 13.2. The van der Waals surface area contributed by atoms with Crippen LogP contribution in [0.5, 0.6) is 23.0 Å². The number of benzene rings is 3. The van der Waals surface area contributed by atoms with Gasteiger partial charge in [-0.2, -0.15) is 5.10 Å². The molecule has 1 aliphatic heterocycles. The molecule has 0 spiro atoms. The maximum atomic E-state index is 14.0. The predicted octanol–water partition coefficient (Wildman–Crippen LogP) is 4.90. The van der Waals surface area contributed by atoms with Crippen LogP contribution >= 0.6 is 15.9 Å². The van der Waals surface area contributed by atoms with Crippen LogP contribution in [0.4, 0.5) is 9.18 Å². The van der Waals surface area contributed by atoms with E-state index in [0.29, 0.717) is 38.4 Å². The smallest absolute Gasteiger partial charge is 0.338 e. The fourth-order valence-electron chi connectivity index (χ4n) is 4.45. The number of nitrogens with one attached hydrogen (secondary N) is 3. The van der Waals surface area contributed by atoms with Crippen molar-refractivity contribution in [3.63, 3.8) is 0 Å². The van der Waals surface area contributed by atoms with Crippen molar-refractivity contribution in [2.75, 3.05) is 27.4 Å². The average molecular weight is 700 g/mol. The minimum absolute atomic E-state index is 0.00640. The molecule has 3 aromatic carbocycles. The number of allylic oxidation sites excluding steroid dienone is 1. The monoisotopic (exact) mass is 698 g/mol. The number of esters is 1. The lowest BCUT2D eigenvalue weighted by Crippen LogP contribution is -2.45. The van der Waals surface area contributed by atoms with E-state index in [9.17, 15) is 18.8 Å². The van der Waals surface area contributed by atoms with E-state index in [4.69, 9.17) is 23.7 Å². The number of hydrogen-bond acceptors (Lipinski definition) is 9. The molecule has 1 heterocycles. The summed E-state index contributed by atoms with van der Waals surface area (Å²) in [5, 5.41) is 9.30. The molecule has 3 aromatic rings. The maximum absolute atomic E-state index is 14.0. The number of hydrazone groups is 1. The van der Waals surface area contributed by atoms with Gasteiger partial charge in [0, 0.05) is 21.3 Å². The van der Waals surface area contributed by atoms with Crippen molar-refractivity contribution < 1.29 is 42.5 Å². The normalized spacial score (nSPS) is 14.3. The zero-order chi connectivity index (χ0) is 33.2. The average Bonchev–Trinajstić information content (AvgIpc) is 3.03. The van der Waals surface area contributed by atoms with Crippen LogP contribution in [0.3, 0.4) is 0 Å². The van der Waals surface area contributed by atoms with Gasteiger partial charge in [-0.15, -0.1) is 0 Å². The van der Waals surface area contributed by atoms with E-state index in [0.717, 1.165) is 0 Å². The third-order valence-electron chi connectivity index (χ3n) is 6.66. The van der Waals surface area contributed by atoms with Gasteiger partial charge in [0.1, 0.15) is 12.4 Å². The number of urea groups is 1. The quantitative estimate of drug-likeness (QED) is 0.130. The van der Waals surface area contributed by atoms with Crippen molar-refractivity contribution in [1.29, 1.82) is 0 Å². The second-order valence-corrected chi connectivity index (χ2v) is 10.5. The molecule has 4 rings (SSSR count). The Kier molecular flexibility index (Phi) is 11.6. The minimum Gasteiger partial charge on any atom is -0.493 e. The third kappa shape index (κ3) is 8.33. The van der Waals surface area contributed by atoms with Gasteiger partial charge in [0.05, 0.1) is 38.7 Å². The van der Waals surface area contributed by atoms with E-state index in [2.05, 4.69) is 37.1 Å². The summed E-state index contributed by atoms with van der Waals surface area (Å²) in [5.74, 6) is -0.192. The number of hydrogen-bond donors (Lipinski definition) is 3. The summed E-state index contributed by atoms with van der Waals surface area (Å²) in [7, 11) is 2.90. The van der Waals surface area contributed by atoms with Crippen molar-refractivity contribution in [2.45, 2.75) is 26.5 Å². The highest BCUT2D eigenvalue weighted by Gasteiger charge is 2.32. The number of carbonyl (C=O) groups excluding carboxylic acids is 3. The lowest BCUT2D eigenvalue weighted by Gasteiger charge is -2.28. The van der Waals surface area contributed by atoms with Gasteiger partial charge in [-0.25, -0.2) is 19.4 Å². The Morgan fingerprint density at radius 2 is 1.76 bits per heavy atom. The second-order valence-electron chi connectivity index (χ2n) is 9.69. The van der Waals surface area contributed by atoms with Gasteiger partial charge in [-0.1, -0.05) is 24.3 Å². The van der Waals surface area contributed by atoms with Crippen molar-refractivity contribution >= 4 is 40.1 Å². The first-order valence-electron chi connectivity index (χ1n) is 14.0. The Balaban J connectivity index is 1.38. The van der Waals surface area contributed by atoms with Crippen LogP contribution in [-0.2, 0) is 20.9 Å². The second kappa shape index (κ2) is 15.8. The van der Waals surface area contributed by atoms with Gasteiger partial charge in [0.15, 0.2) is 29.6 Å². The van der Waals surface area contributed by atoms with Crippen molar-refractivity contribution in [3.05, 3.63) is 92.8 Å². The molecule has 0 fully saturated rings. The summed E-state index contributed by atoms with van der Waals surface area (Å²) in [4.78, 5) is 37.3. The van der Waals surface area contributed by atoms with E-state index >= 15 is 0 Å². The zero-order valence-corrected chi connectivity index (χ0v) is 27.0. The SMILES string of the molecule is CCOC(=O)C1=C(C)NC(=O)N[C@H]1c1ccc(OCC(=O)N/N=C\c2cc(OC)c(OCc3ccccc3F)cc2Br)c(OC)c1. The molecule has 0 aliphatic carbocycles. The maximum Gasteiger partial charge on any atom is 0.338 e. The van der Waals surface area contributed by atoms with Crippen molar-refractivity contribution in [1.82, 2.24) is 16.1 Å². The highest BCUT2D eigenvalue weighted by Crippen LogP contribution is 2.35. The van der Waals surface area contributed by atoms with Crippen molar-refractivity contribution in [2.24, 2.45) is 5.10 Å². The molecule has 0 unspecified atom stereocenters. The molecule has 3 amide bonds. The van der Waals surface area contributed by atoms with E-state index < -0.39 is 30.6 Å². The number of ether oxygens (including phenoxy) is 5. The van der Waals surface area contributed by atoms with Gasteiger partial charge in [0.2, 0.25) is 0 Å². The van der Waals surface area contributed by atoms with Crippen LogP contribution in [-0.4, -0.2) is 51.6 Å².